The van der Waals surface area contributed by atoms with Gasteiger partial charge in [-0.3, -0.25) is 0 Å². The summed E-state index contributed by atoms with van der Waals surface area (Å²) in [6.07, 6.45) is 4.85. The van der Waals surface area contributed by atoms with Crippen LogP contribution in [-0.2, 0) is 11.2 Å². The molecule has 4 N–H and O–H groups in total. The summed E-state index contributed by atoms with van der Waals surface area (Å²) in [4.78, 5) is 4.61. The minimum absolute atomic E-state index is 0.0182. The Morgan fingerprint density at radius 3 is 2.33 bits per heavy atom. The lowest BCUT2D eigenvalue weighted by Crippen LogP contribution is -2.58. The summed E-state index contributed by atoms with van der Waals surface area (Å²) in [5, 5.41) is 41.0. The predicted octanol–water partition coefficient (Wildman–Crippen LogP) is 3.96. The molecule has 0 saturated carbocycles. The molecule has 1 aromatic heterocycles. The van der Waals surface area contributed by atoms with Crippen molar-refractivity contribution in [3.63, 3.8) is 0 Å². The van der Waals surface area contributed by atoms with Crippen molar-refractivity contribution in [2.75, 3.05) is 14.2 Å². The highest BCUT2D eigenvalue weighted by Crippen LogP contribution is 2.41. The van der Waals surface area contributed by atoms with Crippen LogP contribution in [0.25, 0.3) is 0 Å². The van der Waals surface area contributed by atoms with E-state index in [1.165, 1.54) is 14.2 Å². The molecule has 1 saturated heterocycles. The number of aliphatic hydroxyl groups is 4. The van der Waals surface area contributed by atoms with Crippen molar-refractivity contribution in [2.24, 2.45) is 5.92 Å². The van der Waals surface area contributed by atoms with Crippen LogP contribution < -0.4 is 14.2 Å². The number of hydrogen-bond donors (Lipinski definition) is 4. The van der Waals surface area contributed by atoms with Crippen LogP contribution in [0.2, 0.25) is 0 Å². The first kappa shape index (κ1) is 33.5. The zero-order valence-corrected chi connectivity index (χ0v) is 25.2. The Kier molecular flexibility index (Phi) is 12.9. The van der Waals surface area contributed by atoms with Gasteiger partial charge in [-0.05, 0) is 53.5 Å². The monoisotopic (exact) mass is 561 g/mol. The van der Waals surface area contributed by atoms with Crippen LogP contribution in [0.15, 0.2) is 47.1 Å². The van der Waals surface area contributed by atoms with Gasteiger partial charge in [0.1, 0.15) is 18.3 Å². The van der Waals surface area contributed by atoms with E-state index in [-0.39, 0.29) is 23.3 Å². The number of pyridine rings is 1. The van der Waals surface area contributed by atoms with Gasteiger partial charge in [-0.15, -0.1) is 0 Å². The molecule has 40 heavy (non-hydrogen) atoms. The lowest BCUT2D eigenvalue weighted by molar-refractivity contribution is -0.268. The van der Waals surface area contributed by atoms with E-state index in [4.69, 9.17) is 18.9 Å². The van der Waals surface area contributed by atoms with E-state index in [9.17, 15) is 20.4 Å². The highest BCUT2D eigenvalue weighted by atomic mass is 16.7. The standard InChI is InChI=1S/C31H47NO8/c1-10-19(4)24(33)20(5)16-18(3)13-11-12-17(2)14-15-23-21(6)28(29(37-8)30(32-23)38-9)40-31-27(36)26(35)25(34)22(7)39-31/h10-11,13-14,16,20,22,24-27,31,33-36H,12,15H2,1-9H3/b13-11+,17-14+,18-16+,19-10+/t20-,22-,24+,25-,26+,27+,31?/m0/s1. The van der Waals surface area contributed by atoms with Crippen molar-refractivity contribution < 1.29 is 39.4 Å². The maximum Gasteiger partial charge on any atom is 0.261 e. The van der Waals surface area contributed by atoms with Crippen LogP contribution in [-0.4, -0.2) is 76.4 Å². The fourth-order valence-electron chi connectivity index (χ4n) is 4.47. The fraction of sp³-hybridized carbons (Fsp3) is 0.581. The SMILES string of the molecule is C/C=C(\C)[C@@H](O)[C@@H](C)/C=C(C)/C=C/C/C(C)=C/Cc1nc(OC)c(OC)c(OC2O[C@@H](C)[C@H](O)[C@@H](O)[C@H]2O)c1C. The molecule has 1 aromatic rings. The highest BCUT2D eigenvalue weighted by molar-refractivity contribution is 5.54. The van der Waals surface area contributed by atoms with Gasteiger partial charge in [0.15, 0.2) is 5.75 Å². The second-order valence-electron chi connectivity index (χ2n) is 10.5. The number of hydrogen-bond acceptors (Lipinski definition) is 9. The van der Waals surface area contributed by atoms with E-state index in [1.807, 2.05) is 47.6 Å². The number of aliphatic hydroxyl groups excluding tert-OH is 4. The van der Waals surface area contributed by atoms with Crippen LogP contribution in [0, 0.1) is 12.8 Å². The predicted molar refractivity (Wildman–Crippen MR) is 155 cm³/mol. The van der Waals surface area contributed by atoms with Gasteiger partial charge < -0.3 is 39.4 Å². The third-order valence-electron chi connectivity index (χ3n) is 7.26. The number of rotatable bonds is 12. The number of aromatic nitrogens is 1. The smallest absolute Gasteiger partial charge is 0.261 e. The number of allylic oxidation sites excluding steroid dienone is 6. The van der Waals surface area contributed by atoms with Crippen LogP contribution in [0.4, 0.5) is 0 Å². The van der Waals surface area contributed by atoms with Gasteiger partial charge in [0.25, 0.3) is 5.88 Å². The maximum absolute atomic E-state index is 10.5. The van der Waals surface area contributed by atoms with Gasteiger partial charge in [-0.25, -0.2) is 4.98 Å². The maximum atomic E-state index is 10.5. The quantitative estimate of drug-likeness (QED) is 0.221. The molecule has 1 aliphatic heterocycles. The Morgan fingerprint density at radius 1 is 1.05 bits per heavy atom. The average Bonchev–Trinajstić information content (AvgIpc) is 2.93. The zero-order valence-electron chi connectivity index (χ0n) is 25.2. The molecule has 9 heteroatoms. The van der Waals surface area contributed by atoms with Crippen molar-refractivity contribution in [1.29, 1.82) is 0 Å². The van der Waals surface area contributed by atoms with E-state index in [1.54, 1.807) is 6.92 Å². The van der Waals surface area contributed by atoms with Gasteiger partial charge in [0.2, 0.25) is 12.0 Å². The summed E-state index contributed by atoms with van der Waals surface area (Å²) in [6.45, 7) is 13.3. The van der Waals surface area contributed by atoms with Crippen molar-refractivity contribution >= 4 is 0 Å². The first-order valence-electron chi connectivity index (χ1n) is 13.6. The number of nitrogens with zero attached hydrogens (tertiary/aromatic N) is 1. The van der Waals surface area contributed by atoms with Gasteiger partial charge >= 0.3 is 0 Å². The number of methoxy groups -OCH3 is 2. The normalized spacial score (nSPS) is 26.1. The first-order valence-corrected chi connectivity index (χ1v) is 13.6. The van der Waals surface area contributed by atoms with Crippen molar-refractivity contribution in [2.45, 2.75) is 98.1 Å². The zero-order chi connectivity index (χ0) is 30.1. The average molecular weight is 562 g/mol. The summed E-state index contributed by atoms with van der Waals surface area (Å²) in [5.41, 5.74) is 4.54. The fourth-order valence-corrected chi connectivity index (χ4v) is 4.47. The summed E-state index contributed by atoms with van der Waals surface area (Å²) in [5.74, 6) is 0.751. The molecule has 1 aliphatic rings. The van der Waals surface area contributed by atoms with Crippen LogP contribution in [0.5, 0.6) is 17.4 Å². The van der Waals surface area contributed by atoms with Crippen LogP contribution >= 0.6 is 0 Å². The Morgan fingerprint density at radius 2 is 1.73 bits per heavy atom. The largest absolute Gasteiger partial charge is 0.489 e. The van der Waals surface area contributed by atoms with Gasteiger partial charge in [0.05, 0.1) is 32.1 Å². The summed E-state index contributed by atoms with van der Waals surface area (Å²) < 4.78 is 22.6. The molecular weight excluding hydrogens is 514 g/mol. The molecule has 0 spiro atoms. The summed E-state index contributed by atoms with van der Waals surface area (Å²) in [7, 11) is 2.93. The van der Waals surface area contributed by atoms with Crippen molar-refractivity contribution in [3.05, 3.63) is 58.4 Å². The third-order valence-corrected chi connectivity index (χ3v) is 7.26. The minimum atomic E-state index is -1.47. The first-order chi connectivity index (χ1) is 18.9. The molecule has 2 rings (SSSR count). The lowest BCUT2D eigenvalue weighted by atomic mass is 9.96. The Bertz CT molecular complexity index is 1110. The van der Waals surface area contributed by atoms with Crippen LogP contribution in [0.3, 0.4) is 0 Å². The molecule has 0 amide bonds. The minimum Gasteiger partial charge on any atom is -0.489 e. The Hall–Kier alpha value is -2.69. The molecule has 1 unspecified atom stereocenters. The molecule has 0 aromatic carbocycles. The van der Waals surface area contributed by atoms with E-state index in [2.05, 4.69) is 29.3 Å². The van der Waals surface area contributed by atoms with Gasteiger partial charge in [-0.1, -0.05) is 48.5 Å². The Balaban J connectivity index is 2.20. The van der Waals surface area contributed by atoms with E-state index >= 15 is 0 Å². The second-order valence-corrected chi connectivity index (χ2v) is 10.5. The van der Waals surface area contributed by atoms with Gasteiger partial charge in [-0.2, -0.15) is 0 Å². The molecule has 0 radical (unpaired) electrons. The van der Waals surface area contributed by atoms with Crippen molar-refractivity contribution in [1.82, 2.24) is 4.98 Å². The Labute approximate surface area is 238 Å². The third kappa shape index (κ3) is 8.41. The van der Waals surface area contributed by atoms with E-state index < -0.39 is 36.8 Å². The molecule has 1 fully saturated rings. The molecule has 224 valence electrons. The number of ether oxygens (including phenoxy) is 4. The summed E-state index contributed by atoms with van der Waals surface area (Å²) in [6, 6.07) is 0. The lowest BCUT2D eigenvalue weighted by Gasteiger charge is -2.39. The van der Waals surface area contributed by atoms with Gasteiger partial charge in [0, 0.05) is 17.9 Å². The highest BCUT2D eigenvalue weighted by Gasteiger charge is 2.43. The van der Waals surface area contributed by atoms with E-state index in [0.717, 1.165) is 23.1 Å². The molecule has 0 aliphatic carbocycles. The van der Waals surface area contributed by atoms with Crippen molar-refractivity contribution in [3.8, 4) is 17.4 Å². The van der Waals surface area contributed by atoms with Crippen LogP contribution in [0.1, 0.15) is 59.2 Å². The molecule has 0 bridgehead atoms. The topological polar surface area (TPSA) is 131 Å². The molecule has 7 atom stereocenters. The second kappa shape index (κ2) is 15.3. The molecular formula is C31H47NO8. The molecule has 9 nitrogen and oxygen atoms in total. The molecule has 2 heterocycles. The summed E-state index contributed by atoms with van der Waals surface area (Å²) >= 11 is 0. The van der Waals surface area contributed by atoms with E-state index in [0.29, 0.717) is 17.7 Å².